The van der Waals surface area contributed by atoms with E-state index in [0.717, 1.165) is 18.3 Å². The highest BCUT2D eigenvalue weighted by Gasteiger charge is 2.68. The number of ketones is 1. The van der Waals surface area contributed by atoms with Gasteiger partial charge in [0.25, 0.3) is 0 Å². The molecule has 174 valence electrons. The van der Waals surface area contributed by atoms with Crippen LogP contribution in [0.4, 0.5) is 0 Å². The summed E-state index contributed by atoms with van der Waals surface area (Å²) in [6, 6.07) is 0. The molecule has 4 saturated carbocycles. The maximum absolute atomic E-state index is 13.2. The summed E-state index contributed by atoms with van der Waals surface area (Å²) in [4.78, 5) is 13.2. The van der Waals surface area contributed by atoms with Crippen molar-refractivity contribution in [1.29, 1.82) is 0 Å². The Labute approximate surface area is 192 Å². The first kappa shape index (κ1) is 22.2. The van der Waals surface area contributed by atoms with Crippen LogP contribution in [0.5, 0.6) is 0 Å². The number of Topliss-reactive ketones (excluding diaryl/α,β-unsaturated/α-hetero) is 1. The molecular weight excluding hydrogens is 376 g/mol. The number of fused-ring (bicyclic) bond motifs is 7. The Balaban J connectivity index is 1.61. The molecule has 0 amide bonds. The van der Waals surface area contributed by atoms with Crippen LogP contribution >= 0.6 is 0 Å². The molecule has 0 aromatic heterocycles. The van der Waals surface area contributed by atoms with Crippen LogP contribution in [0.25, 0.3) is 0 Å². The number of allylic oxidation sites excluding steroid dienone is 2. The zero-order valence-corrected chi connectivity index (χ0v) is 21.8. The summed E-state index contributed by atoms with van der Waals surface area (Å²) in [5, 5.41) is 0. The highest BCUT2D eigenvalue weighted by Crippen LogP contribution is 2.76. The van der Waals surface area contributed by atoms with Gasteiger partial charge in [0.05, 0.1) is 0 Å². The Hall–Kier alpha value is -0.590. The summed E-state index contributed by atoms with van der Waals surface area (Å²) in [6.07, 6.45) is 13.2. The molecule has 1 nitrogen and oxygen atoms in total. The van der Waals surface area contributed by atoms with Gasteiger partial charge in [-0.25, -0.2) is 0 Å². The molecule has 0 aromatic carbocycles. The standard InChI is InChI=1S/C30H48O/c1-19(2)24-21(31)18-27(5)16-17-29(7)20(25(24)27)10-11-23-28(6)14-9-13-26(3,4)22(28)12-15-30(23,29)8/h19-20,22-23H,9-18H2,1-8H3/t20-,22+,23-,27+,28+,29-,30-/m1/s1. The summed E-state index contributed by atoms with van der Waals surface area (Å²) in [5.41, 5.74) is 4.81. The molecule has 31 heavy (non-hydrogen) atoms. The molecule has 0 saturated heterocycles. The zero-order valence-electron chi connectivity index (χ0n) is 21.8. The van der Waals surface area contributed by atoms with Crippen LogP contribution < -0.4 is 0 Å². The number of hydrogen-bond donors (Lipinski definition) is 0. The van der Waals surface area contributed by atoms with Crippen molar-refractivity contribution in [3.8, 4) is 0 Å². The van der Waals surface area contributed by atoms with Gasteiger partial charge < -0.3 is 0 Å². The Morgan fingerprint density at radius 1 is 0.774 bits per heavy atom. The van der Waals surface area contributed by atoms with Gasteiger partial charge in [0, 0.05) is 6.42 Å². The van der Waals surface area contributed by atoms with Crippen LogP contribution in [0.15, 0.2) is 11.1 Å². The van der Waals surface area contributed by atoms with Crippen molar-refractivity contribution in [2.45, 2.75) is 120 Å². The van der Waals surface area contributed by atoms with E-state index in [9.17, 15) is 4.79 Å². The molecular formula is C30H48O. The minimum atomic E-state index is 0.151. The van der Waals surface area contributed by atoms with E-state index in [0.29, 0.717) is 39.3 Å². The topological polar surface area (TPSA) is 17.1 Å². The molecule has 0 radical (unpaired) electrons. The minimum absolute atomic E-state index is 0.151. The monoisotopic (exact) mass is 424 g/mol. The molecule has 0 spiro atoms. The fraction of sp³-hybridized carbons (Fsp3) is 0.900. The third-order valence-electron chi connectivity index (χ3n) is 12.5. The number of carbonyl (C=O) groups is 1. The van der Waals surface area contributed by atoms with E-state index in [1.807, 2.05) is 0 Å². The second-order valence-electron chi connectivity index (χ2n) is 14.6. The van der Waals surface area contributed by atoms with E-state index in [1.165, 1.54) is 63.4 Å². The van der Waals surface area contributed by atoms with Crippen LogP contribution in [0.3, 0.4) is 0 Å². The quantitative estimate of drug-likeness (QED) is 0.413. The van der Waals surface area contributed by atoms with E-state index in [4.69, 9.17) is 0 Å². The predicted molar refractivity (Wildman–Crippen MR) is 130 cm³/mol. The molecule has 0 bridgehead atoms. The highest BCUT2D eigenvalue weighted by molar-refractivity contribution is 6.00. The maximum Gasteiger partial charge on any atom is 0.159 e. The van der Waals surface area contributed by atoms with E-state index in [1.54, 1.807) is 5.57 Å². The van der Waals surface area contributed by atoms with Gasteiger partial charge >= 0.3 is 0 Å². The minimum Gasteiger partial charge on any atom is -0.295 e. The molecule has 5 aliphatic carbocycles. The van der Waals surface area contributed by atoms with E-state index < -0.39 is 0 Å². The van der Waals surface area contributed by atoms with Crippen LogP contribution in [0.2, 0.25) is 0 Å². The van der Waals surface area contributed by atoms with E-state index in [-0.39, 0.29) is 5.41 Å². The van der Waals surface area contributed by atoms with Gasteiger partial charge in [-0.05, 0) is 108 Å². The lowest BCUT2D eigenvalue weighted by Crippen LogP contribution is -2.64. The van der Waals surface area contributed by atoms with Crippen LogP contribution in [-0.2, 0) is 4.79 Å². The van der Waals surface area contributed by atoms with E-state index in [2.05, 4.69) is 55.4 Å². The second-order valence-corrected chi connectivity index (χ2v) is 14.6. The number of carbonyl (C=O) groups excluding carboxylic acids is 1. The molecule has 0 heterocycles. The summed E-state index contributed by atoms with van der Waals surface area (Å²) in [5.74, 6) is 3.23. The maximum atomic E-state index is 13.2. The lowest BCUT2D eigenvalue weighted by atomic mass is 9.33. The first-order valence-electron chi connectivity index (χ1n) is 13.6. The van der Waals surface area contributed by atoms with Crippen molar-refractivity contribution in [3.63, 3.8) is 0 Å². The van der Waals surface area contributed by atoms with Gasteiger partial charge in [-0.2, -0.15) is 0 Å². The van der Waals surface area contributed by atoms with Gasteiger partial charge in [0.15, 0.2) is 5.78 Å². The Bertz CT molecular complexity index is 831. The average molecular weight is 425 g/mol. The average Bonchev–Trinajstić information content (AvgIpc) is 2.92. The van der Waals surface area contributed by atoms with Gasteiger partial charge in [-0.15, -0.1) is 0 Å². The summed E-state index contributed by atoms with van der Waals surface area (Å²) in [6.45, 7) is 20.2. The third-order valence-corrected chi connectivity index (χ3v) is 12.5. The smallest absolute Gasteiger partial charge is 0.159 e. The second kappa shape index (κ2) is 6.50. The number of hydrogen-bond acceptors (Lipinski definition) is 1. The predicted octanol–water partition coefficient (Wildman–Crippen LogP) is 8.38. The van der Waals surface area contributed by atoms with Crippen molar-refractivity contribution >= 4 is 5.78 Å². The summed E-state index contributed by atoms with van der Waals surface area (Å²) >= 11 is 0. The normalized spacial score (nSPS) is 51.3. The fourth-order valence-electron chi connectivity index (χ4n) is 11.0. The largest absolute Gasteiger partial charge is 0.295 e. The van der Waals surface area contributed by atoms with Gasteiger partial charge in [0.1, 0.15) is 0 Å². The summed E-state index contributed by atoms with van der Waals surface area (Å²) < 4.78 is 0. The SMILES string of the molecule is CC(C)C1=C2[C@H]3CC[C@@H]4[C@@]5(C)CCCC(C)(C)[C@@H]5CC[C@@]4(C)[C@]3(C)CC[C@@]2(C)CC1=O. The van der Waals surface area contributed by atoms with E-state index >= 15 is 0 Å². The van der Waals surface area contributed by atoms with Crippen molar-refractivity contribution in [2.75, 3.05) is 0 Å². The lowest BCUT2D eigenvalue weighted by molar-refractivity contribution is -0.211. The van der Waals surface area contributed by atoms with Crippen molar-refractivity contribution in [3.05, 3.63) is 11.1 Å². The molecule has 0 aliphatic heterocycles. The van der Waals surface area contributed by atoms with Gasteiger partial charge in [0.2, 0.25) is 0 Å². The van der Waals surface area contributed by atoms with Crippen molar-refractivity contribution in [2.24, 2.45) is 50.7 Å². The molecule has 5 aliphatic rings. The van der Waals surface area contributed by atoms with Gasteiger partial charge in [-0.1, -0.05) is 67.4 Å². The molecule has 0 N–H and O–H groups in total. The van der Waals surface area contributed by atoms with Crippen molar-refractivity contribution in [1.82, 2.24) is 0 Å². The highest BCUT2D eigenvalue weighted by atomic mass is 16.1. The van der Waals surface area contributed by atoms with Gasteiger partial charge in [-0.3, -0.25) is 4.79 Å². The molecule has 0 unspecified atom stereocenters. The first-order valence-corrected chi connectivity index (χ1v) is 13.6. The molecule has 0 aromatic rings. The Kier molecular flexibility index (Phi) is 4.66. The summed E-state index contributed by atoms with van der Waals surface area (Å²) in [7, 11) is 0. The Morgan fingerprint density at radius 3 is 2.16 bits per heavy atom. The van der Waals surface area contributed by atoms with Crippen LogP contribution in [-0.4, -0.2) is 5.78 Å². The molecule has 4 fully saturated rings. The van der Waals surface area contributed by atoms with Crippen molar-refractivity contribution < 1.29 is 4.79 Å². The molecule has 1 heteroatoms. The Morgan fingerprint density at radius 2 is 1.48 bits per heavy atom. The lowest BCUT2D eigenvalue weighted by Gasteiger charge is -2.71. The van der Waals surface area contributed by atoms with Crippen LogP contribution in [0.1, 0.15) is 120 Å². The molecule has 5 rings (SSSR count). The third kappa shape index (κ3) is 2.64. The first-order chi connectivity index (χ1) is 14.3. The van der Waals surface area contributed by atoms with Crippen LogP contribution in [0, 0.1) is 50.7 Å². The molecule has 7 atom stereocenters. The zero-order chi connectivity index (χ0) is 22.6. The number of rotatable bonds is 1. The fourth-order valence-corrected chi connectivity index (χ4v) is 11.0.